The first-order chi connectivity index (χ1) is 12.1. The molecule has 2 unspecified atom stereocenters. The molecule has 0 N–H and O–H groups in total. The minimum atomic E-state index is 0.0926. The number of nitrogens with zero attached hydrogens (tertiary/aromatic N) is 2. The zero-order valence-corrected chi connectivity index (χ0v) is 15.5. The van der Waals surface area contributed by atoms with Crippen LogP contribution in [0.25, 0.3) is 0 Å². The molecule has 3 rings (SSSR count). The van der Waals surface area contributed by atoms with Crippen molar-refractivity contribution in [1.29, 1.82) is 0 Å². The van der Waals surface area contributed by atoms with Crippen LogP contribution in [0.2, 0.25) is 0 Å². The summed E-state index contributed by atoms with van der Waals surface area (Å²) in [5.41, 5.74) is 1.39. The first kappa shape index (κ1) is 18.0. The second-order valence-electron chi connectivity index (χ2n) is 7.63. The highest BCUT2D eigenvalue weighted by atomic mass is 16.2. The van der Waals surface area contributed by atoms with Gasteiger partial charge in [-0.2, -0.15) is 0 Å². The number of carbonyl (C=O) groups is 2. The van der Waals surface area contributed by atoms with Crippen LogP contribution in [0.4, 0.5) is 0 Å². The second-order valence-corrected chi connectivity index (χ2v) is 7.63. The summed E-state index contributed by atoms with van der Waals surface area (Å²) >= 11 is 0. The van der Waals surface area contributed by atoms with Crippen LogP contribution in [0.1, 0.15) is 73.1 Å². The fourth-order valence-electron chi connectivity index (χ4n) is 4.17. The third-order valence-electron chi connectivity index (χ3n) is 5.68. The Morgan fingerprint density at radius 3 is 2.28 bits per heavy atom. The van der Waals surface area contributed by atoms with Crippen LogP contribution in [0.5, 0.6) is 0 Å². The zero-order valence-electron chi connectivity index (χ0n) is 15.5. The SMILES string of the molecule is CCC1CCCCN1C(=O)c1ccc(C(=O)N2CCCC(C)C2)cc1. The predicted molar refractivity (Wildman–Crippen MR) is 99.7 cm³/mol. The van der Waals surface area contributed by atoms with Gasteiger partial charge in [-0.3, -0.25) is 9.59 Å². The Hall–Kier alpha value is -1.84. The van der Waals surface area contributed by atoms with Crippen molar-refractivity contribution >= 4 is 11.8 Å². The number of likely N-dealkylation sites (tertiary alicyclic amines) is 2. The van der Waals surface area contributed by atoms with Crippen LogP contribution < -0.4 is 0 Å². The minimum absolute atomic E-state index is 0.0926. The Morgan fingerprint density at radius 1 is 0.960 bits per heavy atom. The van der Waals surface area contributed by atoms with Gasteiger partial charge < -0.3 is 9.80 Å². The van der Waals surface area contributed by atoms with Crippen molar-refractivity contribution in [2.24, 2.45) is 5.92 Å². The normalized spacial score (nSPS) is 24.2. The highest BCUT2D eigenvalue weighted by Crippen LogP contribution is 2.23. The minimum Gasteiger partial charge on any atom is -0.338 e. The molecule has 2 aliphatic rings. The fourth-order valence-corrected chi connectivity index (χ4v) is 4.17. The number of rotatable bonds is 3. The van der Waals surface area contributed by atoms with E-state index in [2.05, 4.69) is 13.8 Å². The lowest BCUT2D eigenvalue weighted by Gasteiger charge is -2.35. The Labute approximate surface area is 151 Å². The maximum absolute atomic E-state index is 12.8. The highest BCUT2D eigenvalue weighted by molar-refractivity contribution is 5.98. The van der Waals surface area contributed by atoms with E-state index in [-0.39, 0.29) is 11.8 Å². The molecule has 136 valence electrons. The molecule has 2 saturated heterocycles. The van der Waals surface area contributed by atoms with Crippen molar-refractivity contribution in [2.75, 3.05) is 19.6 Å². The molecule has 1 aromatic rings. The first-order valence-electron chi connectivity index (χ1n) is 9.80. The van der Waals surface area contributed by atoms with E-state index in [9.17, 15) is 9.59 Å². The van der Waals surface area contributed by atoms with Crippen molar-refractivity contribution < 1.29 is 9.59 Å². The molecular weight excluding hydrogens is 312 g/mol. The van der Waals surface area contributed by atoms with E-state index in [0.29, 0.717) is 23.1 Å². The molecule has 0 aliphatic carbocycles. The third-order valence-corrected chi connectivity index (χ3v) is 5.68. The summed E-state index contributed by atoms with van der Waals surface area (Å²) in [5.74, 6) is 0.774. The zero-order chi connectivity index (χ0) is 17.8. The van der Waals surface area contributed by atoms with Gasteiger partial charge in [0.15, 0.2) is 0 Å². The maximum atomic E-state index is 12.8. The molecule has 2 amide bonds. The molecule has 0 bridgehead atoms. The molecule has 0 saturated carbocycles. The van der Waals surface area contributed by atoms with Gasteiger partial charge in [-0.1, -0.05) is 13.8 Å². The molecule has 2 atom stereocenters. The van der Waals surface area contributed by atoms with Crippen LogP contribution in [0.15, 0.2) is 24.3 Å². The van der Waals surface area contributed by atoms with Gasteiger partial charge in [0, 0.05) is 36.8 Å². The molecule has 4 heteroatoms. The average molecular weight is 342 g/mol. The Balaban J connectivity index is 1.69. The van der Waals surface area contributed by atoms with Crippen molar-refractivity contribution in [3.63, 3.8) is 0 Å². The van der Waals surface area contributed by atoms with Crippen molar-refractivity contribution in [3.8, 4) is 0 Å². The molecule has 0 radical (unpaired) electrons. The van der Waals surface area contributed by atoms with Crippen molar-refractivity contribution in [2.45, 2.75) is 58.4 Å². The van der Waals surface area contributed by atoms with Gasteiger partial charge in [0.25, 0.3) is 11.8 Å². The lowest BCUT2D eigenvalue weighted by molar-refractivity contribution is 0.0606. The molecular formula is C21H30N2O2. The Kier molecular flexibility index (Phi) is 5.77. The van der Waals surface area contributed by atoms with E-state index in [4.69, 9.17) is 0 Å². The van der Waals surface area contributed by atoms with E-state index in [1.807, 2.05) is 34.1 Å². The summed E-state index contributed by atoms with van der Waals surface area (Å²) < 4.78 is 0. The van der Waals surface area contributed by atoms with Gasteiger partial charge in [-0.25, -0.2) is 0 Å². The van der Waals surface area contributed by atoms with Crippen LogP contribution >= 0.6 is 0 Å². The van der Waals surface area contributed by atoms with Gasteiger partial charge in [0.05, 0.1) is 0 Å². The first-order valence-corrected chi connectivity index (χ1v) is 9.80. The van der Waals surface area contributed by atoms with Crippen molar-refractivity contribution in [1.82, 2.24) is 9.80 Å². The van der Waals surface area contributed by atoms with Crippen LogP contribution in [-0.2, 0) is 0 Å². The molecule has 25 heavy (non-hydrogen) atoms. The van der Waals surface area contributed by atoms with Gasteiger partial charge in [0.1, 0.15) is 0 Å². The third kappa shape index (κ3) is 4.05. The number of hydrogen-bond acceptors (Lipinski definition) is 2. The maximum Gasteiger partial charge on any atom is 0.254 e. The number of hydrogen-bond donors (Lipinski definition) is 0. The Bertz CT molecular complexity index is 611. The van der Waals surface area contributed by atoms with Crippen molar-refractivity contribution in [3.05, 3.63) is 35.4 Å². The van der Waals surface area contributed by atoms with Gasteiger partial charge in [-0.05, 0) is 68.7 Å². The highest BCUT2D eigenvalue weighted by Gasteiger charge is 2.27. The van der Waals surface area contributed by atoms with Gasteiger partial charge in [-0.15, -0.1) is 0 Å². The van der Waals surface area contributed by atoms with E-state index >= 15 is 0 Å². The van der Waals surface area contributed by atoms with E-state index in [1.54, 1.807) is 0 Å². The molecule has 2 aliphatic heterocycles. The average Bonchev–Trinajstić information content (AvgIpc) is 2.67. The molecule has 2 fully saturated rings. The monoisotopic (exact) mass is 342 g/mol. The van der Waals surface area contributed by atoms with Crippen LogP contribution in [-0.4, -0.2) is 47.3 Å². The molecule has 2 heterocycles. The molecule has 0 aromatic heterocycles. The second kappa shape index (κ2) is 8.03. The quantitative estimate of drug-likeness (QED) is 0.834. The summed E-state index contributed by atoms with van der Waals surface area (Å²) in [4.78, 5) is 29.5. The largest absolute Gasteiger partial charge is 0.338 e. The lowest BCUT2D eigenvalue weighted by atomic mass is 9.98. The number of piperidine rings is 2. The van der Waals surface area contributed by atoms with E-state index in [1.165, 1.54) is 12.8 Å². The van der Waals surface area contributed by atoms with Crippen LogP contribution in [0.3, 0.4) is 0 Å². The summed E-state index contributed by atoms with van der Waals surface area (Å²) in [6.07, 6.45) is 6.69. The number of benzene rings is 1. The summed E-state index contributed by atoms with van der Waals surface area (Å²) in [6.45, 7) is 6.88. The molecule has 0 spiro atoms. The Morgan fingerprint density at radius 2 is 1.64 bits per heavy atom. The molecule has 1 aromatic carbocycles. The predicted octanol–water partition coefficient (Wildman–Crippen LogP) is 3.96. The van der Waals surface area contributed by atoms with Gasteiger partial charge >= 0.3 is 0 Å². The fraction of sp³-hybridized carbons (Fsp3) is 0.619. The smallest absolute Gasteiger partial charge is 0.254 e. The standard InChI is InChI=1S/C21H30N2O2/c1-3-19-8-4-5-14-23(19)21(25)18-11-9-17(10-12-18)20(24)22-13-6-7-16(2)15-22/h9-12,16,19H,3-8,13-15H2,1-2H3. The van der Waals surface area contributed by atoms with Crippen LogP contribution in [0, 0.1) is 5.92 Å². The summed E-state index contributed by atoms with van der Waals surface area (Å²) in [6, 6.07) is 7.64. The summed E-state index contributed by atoms with van der Waals surface area (Å²) in [7, 11) is 0. The van der Waals surface area contributed by atoms with E-state index in [0.717, 1.165) is 45.3 Å². The topological polar surface area (TPSA) is 40.6 Å². The summed E-state index contributed by atoms with van der Waals surface area (Å²) in [5, 5.41) is 0. The number of carbonyl (C=O) groups excluding carboxylic acids is 2. The molecule has 4 nitrogen and oxygen atoms in total. The van der Waals surface area contributed by atoms with E-state index < -0.39 is 0 Å². The lowest BCUT2D eigenvalue weighted by Crippen LogP contribution is -2.43. The number of amides is 2. The van der Waals surface area contributed by atoms with Gasteiger partial charge in [0.2, 0.25) is 0 Å².